The van der Waals surface area contributed by atoms with Gasteiger partial charge in [-0.15, -0.1) is 10.2 Å². The van der Waals surface area contributed by atoms with Crippen LogP contribution < -0.4 is 4.90 Å². The minimum absolute atomic E-state index is 0.00286. The molecular weight excluding hydrogens is 412 g/mol. The number of thioether (sulfide) groups is 1. The van der Waals surface area contributed by atoms with Gasteiger partial charge in [0.25, 0.3) is 5.22 Å². The third-order valence-electron chi connectivity index (χ3n) is 4.64. The van der Waals surface area contributed by atoms with Gasteiger partial charge in [-0.1, -0.05) is 30.0 Å². The second kappa shape index (κ2) is 9.41. The second-order valence-corrected chi connectivity index (χ2v) is 10.4. The highest BCUT2D eigenvalue weighted by molar-refractivity contribution is 8.00. The van der Waals surface area contributed by atoms with Gasteiger partial charge in [-0.3, -0.25) is 4.79 Å². The number of aromatic nitrogens is 2. The molecule has 1 aliphatic rings. The maximum atomic E-state index is 13.0. The van der Waals surface area contributed by atoms with Gasteiger partial charge in [0.1, 0.15) is 0 Å². The summed E-state index contributed by atoms with van der Waals surface area (Å²) < 4.78 is 28.8. The number of sulfone groups is 1. The summed E-state index contributed by atoms with van der Waals surface area (Å²) in [7, 11) is -2.95. The first-order chi connectivity index (χ1) is 13.9. The van der Waals surface area contributed by atoms with E-state index in [0.717, 1.165) is 17.4 Å². The van der Waals surface area contributed by atoms with E-state index in [1.807, 2.05) is 30.3 Å². The van der Waals surface area contributed by atoms with E-state index < -0.39 is 15.1 Å². The minimum atomic E-state index is -2.95. The van der Waals surface area contributed by atoms with Crippen molar-refractivity contribution in [3.05, 3.63) is 36.2 Å². The lowest BCUT2D eigenvalue weighted by Gasteiger charge is -2.24. The predicted molar refractivity (Wildman–Crippen MR) is 109 cm³/mol. The quantitative estimate of drug-likeness (QED) is 0.582. The molecular formula is C19H22N4O4S2. The van der Waals surface area contributed by atoms with Crippen LogP contribution in [0.3, 0.4) is 0 Å². The molecule has 1 aromatic carbocycles. The fraction of sp³-hybridized carbons (Fsp3) is 0.474. The number of para-hydroxylation sites is 1. The smallest absolute Gasteiger partial charge is 0.277 e. The van der Waals surface area contributed by atoms with Crippen LogP contribution in [0, 0.1) is 17.2 Å². The van der Waals surface area contributed by atoms with Crippen molar-refractivity contribution in [2.24, 2.45) is 5.92 Å². The molecule has 3 rings (SSSR count). The lowest BCUT2D eigenvalue weighted by molar-refractivity contribution is -0.117. The fourth-order valence-corrected chi connectivity index (χ4v) is 5.83. The van der Waals surface area contributed by atoms with Gasteiger partial charge >= 0.3 is 0 Å². The Bertz CT molecular complexity index is 985. The number of amides is 1. The summed E-state index contributed by atoms with van der Waals surface area (Å²) in [6, 6.07) is 11.3. The molecule has 2 aromatic rings. The van der Waals surface area contributed by atoms with Crippen LogP contribution in [0.1, 0.15) is 25.7 Å². The molecule has 154 valence electrons. The van der Waals surface area contributed by atoms with Gasteiger partial charge < -0.3 is 9.32 Å². The Hall–Kier alpha value is -2.38. The van der Waals surface area contributed by atoms with Crippen molar-refractivity contribution >= 4 is 33.2 Å². The molecule has 1 amide bonds. The Morgan fingerprint density at radius 2 is 2.14 bits per heavy atom. The molecule has 0 aliphatic carbocycles. The van der Waals surface area contributed by atoms with Gasteiger partial charge in [0.05, 0.1) is 29.2 Å². The molecule has 0 spiro atoms. The van der Waals surface area contributed by atoms with E-state index in [2.05, 4.69) is 16.3 Å². The maximum absolute atomic E-state index is 13.0. The molecule has 2 atom stereocenters. The Balaban J connectivity index is 1.62. The summed E-state index contributed by atoms with van der Waals surface area (Å²) in [5, 5.41) is 16.7. The molecule has 0 bridgehead atoms. The molecule has 1 saturated heterocycles. The largest absolute Gasteiger partial charge is 0.416 e. The van der Waals surface area contributed by atoms with E-state index in [-0.39, 0.29) is 35.0 Å². The SMILES string of the molecule is CC(Sc1nnc(CC2CCS(=O)(=O)C2)o1)C(=O)N(CCC#N)c1ccccc1. The van der Waals surface area contributed by atoms with Gasteiger partial charge in [-0.25, -0.2) is 8.42 Å². The number of nitrogens with zero attached hydrogens (tertiary/aromatic N) is 4. The molecule has 29 heavy (non-hydrogen) atoms. The standard InChI is InChI=1S/C19H22N4O4S2/c1-14(18(24)23(10-5-9-20)16-6-3-2-4-7-16)28-19-22-21-17(27-19)12-15-8-11-29(25,26)13-15/h2-4,6-7,14-15H,5,8,10-13H2,1H3. The average Bonchev–Trinajstić information content (AvgIpc) is 3.28. The van der Waals surface area contributed by atoms with E-state index in [1.54, 1.807) is 11.8 Å². The van der Waals surface area contributed by atoms with E-state index in [4.69, 9.17) is 9.68 Å². The number of nitriles is 1. The lowest BCUT2D eigenvalue weighted by atomic mass is 10.1. The molecule has 1 fully saturated rings. The number of rotatable bonds is 8. The summed E-state index contributed by atoms with van der Waals surface area (Å²) >= 11 is 1.15. The normalized spacial score (nSPS) is 18.8. The van der Waals surface area contributed by atoms with Crippen LogP contribution >= 0.6 is 11.8 Å². The van der Waals surface area contributed by atoms with Gasteiger partial charge in [0.15, 0.2) is 9.84 Å². The highest BCUT2D eigenvalue weighted by atomic mass is 32.2. The van der Waals surface area contributed by atoms with E-state index >= 15 is 0 Å². The second-order valence-electron chi connectivity index (χ2n) is 6.93. The fourth-order valence-electron chi connectivity index (χ4n) is 3.21. The van der Waals surface area contributed by atoms with E-state index in [0.29, 0.717) is 25.3 Å². The highest BCUT2D eigenvalue weighted by Crippen LogP contribution is 2.27. The van der Waals surface area contributed by atoms with Crippen LogP contribution in [0.2, 0.25) is 0 Å². The zero-order valence-corrected chi connectivity index (χ0v) is 17.7. The van der Waals surface area contributed by atoms with Crippen LogP contribution in [0.5, 0.6) is 0 Å². The van der Waals surface area contributed by atoms with Crippen molar-refractivity contribution in [2.45, 2.75) is 36.7 Å². The van der Waals surface area contributed by atoms with Crippen LogP contribution in [-0.2, 0) is 21.1 Å². The first-order valence-corrected chi connectivity index (χ1v) is 12.0. The molecule has 0 saturated carbocycles. The number of hydrogen-bond acceptors (Lipinski definition) is 8. The monoisotopic (exact) mass is 434 g/mol. The van der Waals surface area contributed by atoms with Gasteiger partial charge in [0.2, 0.25) is 11.8 Å². The van der Waals surface area contributed by atoms with E-state index in [1.165, 1.54) is 0 Å². The van der Waals surface area contributed by atoms with Crippen LogP contribution in [-0.4, -0.2) is 47.8 Å². The highest BCUT2D eigenvalue weighted by Gasteiger charge is 2.30. The summed E-state index contributed by atoms with van der Waals surface area (Å²) in [6.07, 6.45) is 1.26. The number of hydrogen-bond donors (Lipinski definition) is 0. The van der Waals surface area contributed by atoms with Crippen LogP contribution in [0.4, 0.5) is 5.69 Å². The Morgan fingerprint density at radius 3 is 2.79 bits per heavy atom. The zero-order chi connectivity index (χ0) is 20.9. The molecule has 0 radical (unpaired) electrons. The Morgan fingerprint density at radius 1 is 1.38 bits per heavy atom. The number of carbonyl (C=O) groups excluding carboxylic acids is 1. The van der Waals surface area contributed by atoms with Crippen molar-refractivity contribution in [3.63, 3.8) is 0 Å². The molecule has 10 heteroatoms. The van der Waals surface area contributed by atoms with E-state index in [9.17, 15) is 13.2 Å². The third-order valence-corrected chi connectivity index (χ3v) is 7.40. The number of benzene rings is 1. The van der Waals surface area contributed by atoms with Gasteiger partial charge in [-0.2, -0.15) is 5.26 Å². The first kappa shape index (κ1) is 21.3. The van der Waals surface area contributed by atoms with Crippen molar-refractivity contribution < 1.29 is 17.6 Å². The molecule has 1 aliphatic heterocycles. The average molecular weight is 435 g/mol. The first-order valence-electron chi connectivity index (χ1n) is 9.31. The molecule has 0 N–H and O–H groups in total. The molecule has 1 aromatic heterocycles. The summed E-state index contributed by atoms with van der Waals surface area (Å²) in [5.74, 6) is 0.586. The van der Waals surface area contributed by atoms with Crippen LogP contribution in [0.15, 0.2) is 40.0 Å². The molecule has 2 unspecified atom stereocenters. The Labute approximate surface area is 174 Å². The minimum Gasteiger partial charge on any atom is -0.416 e. The van der Waals surface area contributed by atoms with Gasteiger partial charge in [-0.05, 0) is 31.4 Å². The van der Waals surface area contributed by atoms with Crippen molar-refractivity contribution in [3.8, 4) is 6.07 Å². The van der Waals surface area contributed by atoms with Gasteiger partial charge in [0, 0.05) is 18.7 Å². The topological polar surface area (TPSA) is 117 Å². The van der Waals surface area contributed by atoms with Crippen molar-refractivity contribution in [2.75, 3.05) is 23.0 Å². The molecule has 8 nitrogen and oxygen atoms in total. The zero-order valence-electron chi connectivity index (χ0n) is 16.0. The third kappa shape index (κ3) is 5.81. The number of anilines is 1. The lowest BCUT2D eigenvalue weighted by Crippen LogP contribution is -2.37. The van der Waals surface area contributed by atoms with Crippen molar-refractivity contribution in [1.82, 2.24) is 10.2 Å². The van der Waals surface area contributed by atoms with Crippen molar-refractivity contribution in [1.29, 1.82) is 5.26 Å². The summed E-state index contributed by atoms with van der Waals surface area (Å²) in [4.78, 5) is 14.5. The Kier molecular flexibility index (Phi) is 6.92. The summed E-state index contributed by atoms with van der Waals surface area (Å²) in [6.45, 7) is 2.05. The molecule has 2 heterocycles. The van der Waals surface area contributed by atoms with Crippen LogP contribution in [0.25, 0.3) is 0 Å². The maximum Gasteiger partial charge on any atom is 0.277 e. The predicted octanol–water partition coefficient (Wildman–Crippen LogP) is 2.47. The number of carbonyl (C=O) groups is 1. The summed E-state index contributed by atoms with van der Waals surface area (Å²) in [5.41, 5.74) is 0.730.